The van der Waals surface area contributed by atoms with E-state index in [0.29, 0.717) is 12.8 Å². The van der Waals surface area contributed by atoms with Gasteiger partial charge < -0.3 is 24.9 Å². The Balaban J connectivity index is 0.00000256. The van der Waals surface area contributed by atoms with E-state index in [-0.39, 0.29) is 47.5 Å². The number of benzene rings is 2. The van der Waals surface area contributed by atoms with Crippen molar-refractivity contribution in [1.82, 2.24) is 0 Å². The molecule has 0 saturated heterocycles. The van der Waals surface area contributed by atoms with Gasteiger partial charge in [0.15, 0.2) is 0 Å². The first-order valence-electron chi connectivity index (χ1n) is 9.80. The molecule has 0 amide bonds. The molecule has 0 bridgehead atoms. The Morgan fingerprint density at radius 1 is 1.20 bits per heavy atom. The Morgan fingerprint density at radius 2 is 1.97 bits per heavy atom. The van der Waals surface area contributed by atoms with Gasteiger partial charge in [0.05, 0.1) is 18.2 Å². The number of allylic oxidation sites excluding steroid dienone is 1. The maximum Gasteiger partial charge on any atom is 1.00 e. The average Bonchev–Trinajstić information content (AvgIpc) is 3.22. The van der Waals surface area contributed by atoms with Gasteiger partial charge in [-0.2, -0.15) is 0 Å². The summed E-state index contributed by atoms with van der Waals surface area (Å²) in [6.07, 6.45) is 5.75. The molecule has 0 aromatic heterocycles. The first-order chi connectivity index (χ1) is 14.0. The van der Waals surface area contributed by atoms with E-state index in [1.54, 1.807) is 12.2 Å². The monoisotopic (exact) mass is 414 g/mol. The molecule has 0 spiro atoms. The van der Waals surface area contributed by atoms with Gasteiger partial charge in [-0.15, -0.1) is 0 Å². The summed E-state index contributed by atoms with van der Waals surface area (Å²) in [5, 5.41) is 31.6. The van der Waals surface area contributed by atoms with Crippen molar-refractivity contribution >= 4 is 5.97 Å². The number of carbonyl (C=O) groups excluding carboxylic acids is 1. The Hall–Kier alpha value is -1.89. The summed E-state index contributed by atoms with van der Waals surface area (Å²) in [5.74, 6) is -0.599. The number of hydrogen-bond acceptors (Lipinski definition) is 5. The predicted octanol–water partition coefficient (Wildman–Crippen LogP) is -0.946. The van der Waals surface area contributed by atoms with E-state index < -0.39 is 18.2 Å². The quantitative estimate of drug-likeness (QED) is 0.362. The maximum absolute atomic E-state index is 10.6. The van der Waals surface area contributed by atoms with Crippen LogP contribution in [0.2, 0.25) is 0 Å². The summed E-state index contributed by atoms with van der Waals surface area (Å²) >= 11 is 0. The van der Waals surface area contributed by atoms with Crippen molar-refractivity contribution in [3.05, 3.63) is 89.5 Å². The van der Waals surface area contributed by atoms with Crippen LogP contribution >= 0.6 is 0 Å². The van der Waals surface area contributed by atoms with Crippen molar-refractivity contribution in [1.29, 1.82) is 0 Å². The number of carboxylic acids is 1. The molecule has 150 valence electrons. The zero-order valence-corrected chi connectivity index (χ0v) is 18.8. The SMILES string of the molecule is O=C([O-])/C=C/Cc1cccc2c1OC1CC(O)C(/C=C/C(O)c3ccccc3)C21.[Na+]. The number of para-hydroxylation sites is 1. The van der Waals surface area contributed by atoms with Crippen LogP contribution < -0.4 is 39.4 Å². The summed E-state index contributed by atoms with van der Waals surface area (Å²) in [4.78, 5) is 10.6. The van der Waals surface area contributed by atoms with Crippen LogP contribution in [0.1, 0.15) is 35.1 Å². The standard InChI is InChI=1S/C24H24O5.Na/c25-19(15-6-2-1-3-7-15)13-12-17-20(26)14-21-23(17)18-10-4-8-16(24(18)29-21)9-5-11-22(27)28;/h1-8,10-13,17,19-21,23,25-26H,9,14H2,(H,27,28);/q;+1/p-1/b11-5+,13-12+;. The minimum absolute atomic E-state index is 0. The summed E-state index contributed by atoms with van der Waals surface area (Å²) in [6.45, 7) is 0. The second kappa shape index (κ2) is 9.94. The Morgan fingerprint density at radius 3 is 2.70 bits per heavy atom. The molecule has 2 N–H and O–H groups in total. The molecular weight excluding hydrogens is 391 g/mol. The number of fused-ring (bicyclic) bond motifs is 3. The molecule has 1 aliphatic carbocycles. The van der Waals surface area contributed by atoms with Crippen LogP contribution in [0.3, 0.4) is 0 Å². The number of aliphatic hydroxyl groups is 2. The number of carboxylic acid groups (broad SMARTS) is 1. The third kappa shape index (κ3) is 4.71. The molecule has 5 atom stereocenters. The number of hydrogen-bond donors (Lipinski definition) is 2. The van der Waals surface area contributed by atoms with Crippen molar-refractivity contribution in [2.45, 2.75) is 37.1 Å². The molecule has 5 unspecified atom stereocenters. The summed E-state index contributed by atoms with van der Waals surface area (Å²) < 4.78 is 6.16. The van der Waals surface area contributed by atoms with Gasteiger partial charge >= 0.3 is 29.6 Å². The fourth-order valence-corrected chi connectivity index (χ4v) is 4.41. The van der Waals surface area contributed by atoms with E-state index in [9.17, 15) is 20.1 Å². The van der Waals surface area contributed by atoms with Crippen molar-refractivity contribution in [3.8, 4) is 5.75 Å². The first-order valence-corrected chi connectivity index (χ1v) is 9.80. The maximum atomic E-state index is 10.6. The van der Waals surface area contributed by atoms with Crippen molar-refractivity contribution in [2.75, 3.05) is 0 Å². The normalized spacial score (nSPS) is 25.5. The molecule has 2 aromatic rings. The van der Waals surface area contributed by atoms with Gasteiger partial charge in [-0.25, -0.2) is 0 Å². The zero-order chi connectivity index (χ0) is 20.4. The molecule has 2 aromatic carbocycles. The summed E-state index contributed by atoms with van der Waals surface area (Å²) in [7, 11) is 0. The van der Waals surface area contributed by atoms with Crippen molar-refractivity contribution < 1.29 is 54.4 Å². The van der Waals surface area contributed by atoms with Gasteiger partial charge in [-0.3, -0.25) is 0 Å². The van der Waals surface area contributed by atoms with E-state index in [0.717, 1.165) is 28.5 Å². The second-order valence-electron chi connectivity index (χ2n) is 7.56. The largest absolute Gasteiger partial charge is 1.00 e. The number of rotatable bonds is 6. The number of carbonyl (C=O) groups is 1. The molecular formula is C24H23NaO5. The van der Waals surface area contributed by atoms with Gasteiger partial charge in [0.25, 0.3) is 0 Å². The molecule has 4 rings (SSSR count). The van der Waals surface area contributed by atoms with E-state index in [2.05, 4.69) is 0 Å². The summed E-state index contributed by atoms with van der Waals surface area (Å²) in [5.41, 5.74) is 2.74. The minimum atomic E-state index is -1.22. The second-order valence-corrected chi connectivity index (χ2v) is 7.56. The molecule has 5 nitrogen and oxygen atoms in total. The van der Waals surface area contributed by atoms with E-state index in [1.165, 1.54) is 0 Å². The van der Waals surface area contributed by atoms with E-state index in [4.69, 9.17) is 4.74 Å². The van der Waals surface area contributed by atoms with Crippen LogP contribution in [0.15, 0.2) is 72.8 Å². The number of aliphatic hydroxyl groups excluding tert-OH is 2. The smallest absolute Gasteiger partial charge is 0.545 e. The zero-order valence-electron chi connectivity index (χ0n) is 16.8. The van der Waals surface area contributed by atoms with Crippen LogP contribution in [0, 0.1) is 5.92 Å². The van der Waals surface area contributed by atoms with Crippen molar-refractivity contribution in [3.63, 3.8) is 0 Å². The molecule has 1 saturated carbocycles. The molecule has 0 radical (unpaired) electrons. The fraction of sp³-hybridized carbons (Fsp3) is 0.292. The van der Waals surface area contributed by atoms with E-state index in [1.807, 2.05) is 54.6 Å². The Bertz CT molecular complexity index is 940. The fourth-order valence-electron chi connectivity index (χ4n) is 4.41. The molecule has 6 heteroatoms. The number of ether oxygens (including phenoxy) is 1. The van der Waals surface area contributed by atoms with Crippen LogP contribution in [0.4, 0.5) is 0 Å². The molecule has 1 heterocycles. The van der Waals surface area contributed by atoms with Gasteiger partial charge in [0.1, 0.15) is 11.9 Å². The van der Waals surface area contributed by atoms with Crippen LogP contribution in [0.25, 0.3) is 0 Å². The van der Waals surface area contributed by atoms with Crippen LogP contribution in [-0.4, -0.2) is 28.4 Å². The van der Waals surface area contributed by atoms with Gasteiger partial charge in [-0.1, -0.05) is 66.8 Å². The van der Waals surface area contributed by atoms with Crippen molar-refractivity contribution in [2.24, 2.45) is 5.92 Å². The Labute approximate surface area is 198 Å². The van der Waals surface area contributed by atoms with Gasteiger partial charge in [-0.05, 0) is 23.6 Å². The predicted molar refractivity (Wildman–Crippen MR) is 106 cm³/mol. The molecule has 1 fully saturated rings. The van der Waals surface area contributed by atoms with E-state index >= 15 is 0 Å². The van der Waals surface area contributed by atoms with Crippen LogP contribution in [0.5, 0.6) is 5.75 Å². The van der Waals surface area contributed by atoms with Crippen LogP contribution in [-0.2, 0) is 11.2 Å². The topological polar surface area (TPSA) is 89.8 Å². The first kappa shape index (κ1) is 22.8. The molecule has 1 aliphatic heterocycles. The third-order valence-electron chi connectivity index (χ3n) is 5.74. The minimum Gasteiger partial charge on any atom is -0.545 e. The third-order valence-corrected chi connectivity index (χ3v) is 5.74. The Kier molecular flexibility index (Phi) is 7.55. The summed E-state index contributed by atoms with van der Waals surface area (Å²) in [6, 6.07) is 15.2. The average molecular weight is 414 g/mol. The molecule has 30 heavy (non-hydrogen) atoms. The van der Waals surface area contributed by atoms with Gasteiger partial charge in [0.2, 0.25) is 0 Å². The van der Waals surface area contributed by atoms with Gasteiger partial charge in [0, 0.05) is 23.8 Å². The molecule has 2 aliphatic rings. The number of aliphatic carboxylic acids is 1.